The van der Waals surface area contributed by atoms with Gasteiger partial charge in [0.1, 0.15) is 12.4 Å². The Balaban J connectivity index is 1.82. The van der Waals surface area contributed by atoms with Gasteiger partial charge >= 0.3 is 12.0 Å². The third-order valence-corrected chi connectivity index (χ3v) is 4.96. The van der Waals surface area contributed by atoms with Gasteiger partial charge in [-0.3, -0.25) is 0 Å². The van der Waals surface area contributed by atoms with Crippen molar-refractivity contribution >= 4 is 23.6 Å². The van der Waals surface area contributed by atoms with E-state index in [1.165, 1.54) is 0 Å². The standard InChI is InChI=1S/C24H27ClN2O4/c1-4-6-20-21(23(28)31-15(2)3)22(27-24(29)26-20)17-9-11-19(12-10-17)30-14-16-7-5-8-18(25)13-16/h5,7-13,15,22H,4,6,14H2,1-3H3,(H2,26,27,29). The molecule has 1 unspecified atom stereocenters. The van der Waals surface area contributed by atoms with E-state index >= 15 is 0 Å². The van der Waals surface area contributed by atoms with Crippen LogP contribution in [0.4, 0.5) is 4.79 Å². The number of hydrogen-bond acceptors (Lipinski definition) is 4. The molecule has 31 heavy (non-hydrogen) atoms. The van der Waals surface area contributed by atoms with Crippen molar-refractivity contribution < 1.29 is 19.1 Å². The van der Waals surface area contributed by atoms with Crippen molar-refractivity contribution in [3.63, 3.8) is 0 Å². The fourth-order valence-electron chi connectivity index (χ4n) is 3.38. The van der Waals surface area contributed by atoms with Gasteiger partial charge in [0, 0.05) is 10.7 Å². The van der Waals surface area contributed by atoms with Crippen LogP contribution in [-0.4, -0.2) is 18.1 Å². The lowest BCUT2D eigenvalue weighted by Gasteiger charge is -2.30. The van der Waals surface area contributed by atoms with Crippen molar-refractivity contribution in [3.05, 3.63) is 76.0 Å². The van der Waals surface area contributed by atoms with Crippen LogP contribution in [0.2, 0.25) is 5.02 Å². The molecule has 2 aromatic carbocycles. The Morgan fingerprint density at radius 2 is 1.90 bits per heavy atom. The number of halogens is 1. The first kappa shape index (κ1) is 22.7. The van der Waals surface area contributed by atoms with E-state index in [0.717, 1.165) is 17.5 Å². The fourth-order valence-corrected chi connectivity index (χ4v) is 3.60. The number of esters is 1. The van der Waals surface area contributed by atoms with E-state index in [4.69, 9.17) is 21.1 Å². The maximum atomic E-state index is 12.8. The van der Waals surface area contributed by atoms with Crippen molar-refractivity contribution in [1.29, 1.82) is 0 Å². The lowest BCUT2D eigenvalue weighted by molar-refractivity contribution is -0.143. The minimum atomic E-state index is -0.594. The summed E-state index contributed by atoms with van der Waals surface area (Å²) < 4.78 is 11.3. The van der Waals surface area contributed by atoms with Gasteiger partial charge in [0.05, 0.1) is 17.7 Å². The van der Waals surface area contributed by atoms with E-state index in [1.54, 1.807) is 13.8 Å². The van der Waals surface area contributed by atoms with Gasteiger partial charge in [0.25, 0.3) is 0 Å². The van der Waals surface area contributed by atoms with Crippen LogP contribution in [0.3, 0.4) is 0 Å². The number of urea groups is 1. The first-order chi connectivity index (χ1) is 14.9. The van der Waals surface area contributed by atoms with E-state index < -0.39 is 12.0 Å². The van der Waals surface area contributed by atoms with Gasteiger partial charge in [0.15, 0.2) is 0 Å². The molecule has 2 aromatic rings. The number of nitrogens with one attached hydrogen (secondary N) is 2. The van der Waals surface area contributed by atoms with Gasteiger partial charge in [-0.05, 0) is 55.7 Å². The average Bonchev–Trinajstić information content (AvgIpc) is 2.72. The normalized spacial score (nSPS) is 16.0. The summed E-state index contributed by atoms with van der Waals surface area (Å²) in [4.78, 5) is 25.1. The number of benzene rings is 2. The maximum absolute atomic E-state index is 12.8. The number of allylic oxidation sites excluding steroid dienone is 1. The summed E-state index contributed by atoms with van der Waals surface area (Å²) in [6, 6.07) is 13.9. The molecule has 3 rings (SSSR count). The monoisotopic (exact) mass is 442 g/mol. The lowest BCUT2D eigenvalue weighted by atomic mass is 9.93. The second-order valence-electron chi connectivity index (χ2n) is 7.62. The van der Waals surface area contributed by atoms with Crippen molar-refractivity contribution in [2.75, 3.05) is 0 Å². The van der Waals surface area contributed by atoms with Crippen LogP contribution < -0.4 is 15.4 Å². The first-order valence-corrected chi connectivity index (χ1v) is 10.7. The predicted octanol–water partition coefficient (Wildman–Crippen LogP) is 5.28. The van der Waals surface area contributed by atoms with Gasteiger partial charge in [0.2, 0.25) is 0 Å². The van der Waals surface area contributed by atoms with Gasteiger partial charge in [-0.2, -0.15) is 0 Å². The molecule has 164 valence electrons. The minimum Gasteiger partial charge on any atom is -0.489 e. The molecule has 2 N–H and O–H groups in total. The fraction of sp³-hybridized carbons (Fsp3) is 0.333. The van der Waals surface area contributed by atoms with Crippen molar-refractivity contribution in [2.45, 2.75) is 52.4 Å². The largest absolute Gasteiger partial charge is 0.489 e. The van der Waals surface area contributed by atoms with E-state index in [0.29, 0.717) is 35.1 Å². The van der Waals surface area contributed by atoms with Crippen molar-refractivity contribution in [1.82, 2.24) is 10.6 Å². The number of hydrogen-bond donors (Lipinski definition) is 2. The van der Waals surface area contributed by atoms with Gasteiger partial charge in [-0.25, -0.2) is 9.59 Å². The molecule has 1 aliphatic heterocycles. The van der Waals surface area contributed by atoms with Crippen LogP contribution >= 0.6 is 11.6 Å². The SMILES string of the molecule is CCCC1=C(C(=O)OC(C)C)C(c2ccc(OCc3cccc(Cl)c3)cc2)NC(=O)N1. The summed E-state index contributed by atoms with van der Waals surface area (Å²) in [5, 5.41) is 6.27. The first-order valence-electron chi connectivity index (χ1n) is 10.4. The summed E-state index contributed by atoms with van der Waals surface area (Å²) in [5.41, 5.74) is 2.77. The molecule has 0 saturated carbocycles. The topological polar surface area (TPSA) is 76.7 Å². The molecule has 1 heterocycles. The molecule has 0 bridgehead atoms. The Bertz CT molecular complexity index is 970. The Hall–Kier alpha value is -2.99. The summed E-state index contributed by atoms with van der Waals surface area (Å²) in [6.45, 7) is 5.98. The van der Waals surface area contributed by atoms with Gasteiger partial charge in [-0.15, -0.1) is 0 Å². The van der Waals surface area contributed by atoms with Crippen molar-refractivity contribution in [2.24, 2.45) is 0 Å². The van der Waals surface area contributed by atoms with Gasteiger partial charge < -0.3 is 20.1 Å². The molecule has 0 fully saturated rings. The summed E-state index contributed by atoms with van der Waals surface area (Å²) in [5.74, 6) is 0.241. The van der Waals surface area contributed by atoms with Crippen LogP contribution in [0.5, 0.6) is 5.75 Å². The number of carbonyl (C=O) groups excluding carboxylic acids is 2. The highest BCUT2D eigenvalue weighted by atomic mass is 35.5. The molecule has 0 aliphatic carbocycles. The number of carbonyl (C=O) groups is 2. The highest BCUT2D eigenvalue weighted by Crippen LogP contribution is 2.31. The van der Waals surface area contributed by atoms with Crippen LogP contribution in [0.1, 0.15) is 50.8 Å². The zero-order chi connectivity index (χ0) is 22.4. The third-order valence-electron chi connectivity index (χ3n) is 4.72. The Kier molecular flexibility index (Phi) is 7.58. The van der Waals surface area contributed by atoms with Crippen LogP contribution in [0, 0.1) is 0 Å². The van der Waals surface area contributed by atoms with E-state index in [-0.39, 0.29) is 12.1 Å². The predicted molar refractivity (Wildman–Crippen MR) is 120 cm³/mol. The molecule has 7 heteroatoms. The Morgan fingerprint density at radius 3 is 2.55 bits per heavy atom. The van der Waals surface area contributed by atoms with E-state index in [1.807, 2.05) is 55.5 Å². The van der Waals surface area contributed by atoms with Crippen LogP contribution in [-0.2, 0) is 16.1 Å². The molecular weight excluding hydrogens is 416 g/mol. The second-order valence-corrected chi connectivity index (χ2v) is 8.05. The second kappa shape index (κ2) is 10.4. The summed E-state index contributed by atoms with van der Waals surface area (Å²) in [7, 11) is 0. The molecule has 6 nitrogen and oxygen atoms in total. The van der Waals surface area contributed by atoms with Crippen LogP contribution in [0.25, 0.3) is 0 Å². The van der Waals surface area contributed by atoms with E-state index in [2.05, 4.69) is 10.6 Å². The minimum absolute atomic E-state index is 0.261. The quantitative estimate of drug-likeness (QED) is 0.545. The highest BCUT2D eigenvalue weighted by Gasteiger charge is 2.33. The summed E-state index contributed by atoms with van der Waals surface area (Å²) >= 11 is 6.01. The van der Waals surface area contributed by atoms with Gasteiger partial charge in [-0.1, -0.05) is 49.2 Å². The zero-order valence-corrected chi connectivity index (χ0v) is 18.7. The number of amides is 2. The van der Waals surface area contributed by atoms with Crippen LogP contribution in [0.15, 0.2) is 59.8 Å². The third kappa shape index (κ3) is 6.01. The molecule has 2 amide bonds. The summed E-state index contributed by atoms with van der Waals surface area (Å²) in [6.07, 6.45) is 1.10. The zero-order valence-electron chi connectivity index (χ0n) is 17.9. The van der Waals surface area contributed by atoms with E-state index in [9.17, 15) is 9.59 Å². The molecule has 0 aromatic heterocycles. The highest BCUT2D eigenvalue weighted by molar-refractivity contribution is 6.30. The molecule has 0 radical (unpaired) electrons. The number of ether oxygens (including phenoxy) is 2. The maximum Gasteiger partial charge on any atom is 0.338 e. The molecule has 1 atom stereocenters. The van der Waals surface area contributed by atoms with Crippen molar-refractivity contribution in [3.8, 4) is 5.75 Å². The molecule has 0 saturated heterocycles. The lowest BCUT2D eigenvalue weighted by Crippen LogP contribution is -2.46. The Labute approximate surface area is 187 Å². The molecular formula is C24H27ClN2O4. The number of rotatable bonds is 8. The molecule has 1 aliphatic rings. The smallest absolute Gasteiger partial charge is 0.338 e. The molecule has 0 spiro atoms. The Morgan fingerprint density at radius 1 is 1.16 bits per heavy atom. The average molecular weight is 443 g/mol.